The first-order valence-electron chi connectivity index (χ1n) is 13.0. The maximum absolute atomic E-state index is 6.32. The van der Waals surface area contributed by atoms with Crippen LogP contribution in [-0.4, -0.2) is 26.9 Å². The molecule has 6 heteroatoms. The lowest BCUT2D eigenvalue weighted by atomic mass is 9.86. The summed E-state index contributed by atoms with van der Waals surface area (Å²) >= 11 is 0. The summed E-state index contributed by atoms with van der Waals surface area (Å²) in [6.45, 7) is 9.65. The molecule has 0 aliphatic heterocycles. The molecule has 0 saturated heterocycles. The van der Waals surface area contributed by atoms with Gasteiger partial charge in [0.05, 0.1) is 11.0 Å². The molecule has 0 aliphatic carbocycles. The molecule has 0 amide bonds. The summed E-state index contributed by atoms with van der Waals surface area (Å²) in [6, 6.07) is 29.1. The number of imidazole rings is 1. The Bertz CT molecular complexity index is 1520. The van der Waals surface area contributed by atoms with Crippen LogP contribution in [-0.2, 0) is 12.0 Å². The molecule has 0 fully saturated rings. The molecule has 194 valence electrons. The number of H-pyrrole nitrogens is 1. The number of aromatic amines is 1. The lowest BCUT2D eigenvalue weighted by Crippen LogP contribution is -2.21. The molecule has 2 heterocycles. The molecule has 38 heavy (non-hydrogen) atoms. The number of benzene rings is 3. The number of pyridine rings is 1. The maximum Gasteiger partial charge on any atom is 0.243 e. The van der Waals surface area contributed by atoms with Gasteiger partial charge in [0.15, 0.2) is 0 Å². The molecule has 0 bridgehead atoms. The molecule has 0 saturated carbocycles. The van der Waals surface area contributed by atoms with E-state index in [0.29, 0.717) is 11.8 Å². The molecule has 2 N–H and O–H groups in total. The zero-order chi connectivity index (χ0) is 26.7. The molecule has 1 atom stereocenters. The van der Waals surface area contributed by atoms with Crippen LogP contribution in [0, 0.1) is 0 Å². The van der Waals surface area contributed by atoms with Crippen LogP contribution in [0.2, 0.25) is 0 Å². The smallest absolute Gasteiger partial charge is 0.243 e. The Hall–Kier alpha value is -4.16. The first kappa shape index (κ1) is 25.5. The van der Waals surface area contributed by atoms with Crippen LogP contribution in [0.3, 0.4) is 0 Å². The van der Waals surface area contributed by atoms with E-state index in [1.807, 2.05) is 30.3 Å². The van der Waals surface area contributed by atoms with Crippen molar-refractivity contribution in [3.8, 4) is 11.6 Å². The molecular formula is C32H35N5O. The van der Waals surface area contributed by atoms with Gasteiger partial charge in [0, 0.05) is 24.3 Å². The predicted molar refractivity (Wildman–Crippen MR) is 155 cm³/mol. The van der Waals surface area contributed by atoms with Crippen molar-refractivity contribution in [3.05, 3.63) is 108 Å². The Morgan fingerprint density at radius 3 is 2.50 bits per heavy atom. The van der Waals surface area contributed by atoms with Crippen LogP contribution in [0.25, 0.3) is 11.0 Å². The lowest BCUT2D eigenvalue weighted by Gasteiger charge is -2.25. The second-order valence-electron chi connectivity index (χ2n) is 10.8. The number of hydrogen-bond donors (Lipinski definition) is 2. The highest BCUT2D eigenvalue weighted by atomic mass is 16.5. The third-order valence-electron chi connectivity index (χ3n) is 6.85. The molecule has 0 spiro atoms. The summed E-state index contributed by atoms with van der Waals surface area (Å²) in [6.07, 6.45) is 1.73. The van der Waals surface area contributed by atoms with Crippen LogP contribution in [0.4, 0.5) is 11.6 Å². The van der Waals surface area contributed by atoms with Crippen LogP contribution >= 0.6 is 0 Å². The van der Waals surface area contributed by atoms with Gasteiger partial charge < -0.3 is 15.0 Å². The predicted octanol–water partition coefficient (Wildman–Crippen LogP) is 7.98. The summed E-state index contributed by atoms with van der Waals surface area (Å²) in [5.74, 6) is 1.94. The molecule has 0 aliphatic rings. The van der Waals surface area contributed by atoms with E-state index >= 15 is 0 Å². The van der Waals surface area contributed by atoms with E-state index in [4.69, 9.17) is 9.72 Å². The second-order valence-corrected chi connectivity index (χ2v) is 10.8. The number of ether oxygens (including phenoxy) is 1. The zero-order valence-electron chi connectivity index (χ0n) is 22.7. The van der Waals surface area contributed by atoms with Gasteiger partial charge in [-0.25, -0.2) is 9.97 Å². The quantitative estimate of drug-likeness (QED) is 0.224. The number of para-hydroxylation sites is 1. The van der Waals surface area contributed by atoms with Gasteiger partial charge in [0.2, 0.25) is 11.8 Å². The van der Waals surface area contributed by atoms with Crippen LogP contribution in [0.15, 0.2) is 91.1 Å². The SMILES string of the molecule is CC(c1ccc2nc(Nc3cccnc3Oc3ccccc3C(C)(C)C)[nH]c2c1)N(C)Cc1ccccc1. The fourth-order valence-electron chi connectivity index (χ4n) is 4.58. The van der Waals surface area contributed by atoms with Crippen molar-refractivity contribution in [2.24, 2.45) is 0 Å². The summed E-state index contributed by atoms with van der Waals surface area (Å²) < 4.78 is 6.32. The van der Waals surface area contributed by atoms with Gasteiger partial charge in [0.1, 0.15) is 11.4 Å². The maximum atomic E-state index is 6.32. The van der Waals surface area contributed by atoms with Crippen molar-refractivity contribution >= 4 is 22.7 Å². The van der Waals surface area contributed by atoms with Crippen LogP contribution < -0.4 is 10.1 Å². The number of rotatable bonds is 8. The van der Waals surface area contributed by atoms with E-state index in [1.165, 1.54) is 11.1 Å². The first-order chi connectivity index (χ1) is 18.3. The standard InChI is InChI=1S/C32H35N5O/c1-22(37(5)21-23-12-7-6-8-13-23)24-17-18-26-28(20-24)36-31(34-26)35-27-15-11-19-33-30(27)38-29-16-10-9-14-25(29)32(2,3)4/h6-20,22H,21H2,1-5H3,(H2,34,35,36). The Labute approximate surface area is 224 Å². The number of nitrogens with zero attached hydrogens (tertiary/aromatic N) is 3. The van der Waals surface area contributed by atoms with Gasteiger partial charge in [-0.3, -0.25) is 4.90 Å². The third-order valence-corrected chi connectivity index (χ3v) is 6.85. The second kappa shape index (κ2) is 10.7. The molecule has 5 aromatic rings. The topological polar surface area (TPSA) is 66.1 Å². The number of nitrogens with one attached hydrogen (secondary N) is 2. The van der Waals surface area contributed by atoms with Crippen molar-refractivity contribution in [3.63, 3.8) is 0 Å². The highest BCUT2D eigenvalue weighted by molar-refractivity contribution is 5.79. The Kier molecular flexibility index (Phi) is 7.16. The lowest BCUT2D eigenvalue weighted by molar-refractivity contribution is 0.253. The highest BCUT2D eigenvalue weighted by Gasteiger charge is 2.20. The molecule has 0 radical (unpaired) electrons. The van der Waals surface area contributed by atoms with Gasteiger partial charge in [-0.2, -0.15) is 0 Å². The highest BCUT2D eigenvalue weighted by Crippen LogP contribution is 2.36. The summed E-state index contributed by atoms with van der Waals surface area (Å²) in [5, 5.41) is 3.38. The fourth-order valence-corrected chi connectivity index (χ4v) is 4.58. The average molecular weight is 506 g/mol. The van der Waals surface area contributed by atoms with E-state index in [2.05, 4.69) is 110 Å². The van der Waals surface area contributed by atoms with Crippen molar-refractivity contribution in [2.75, 3.05) is 12.4 Å². The van der Waals surface area contributed by atoms with Crippen molar-refractivity contribution < 1.29 is 4.74 Å². The van der Waals surface area contributed by atoms with E-state index in [-0.39, 0.29) is 11.5 Å². The van der Waals surface area contributed by atoms with E-state index < -0.39 is 0 Å². The van der Waals surface area contributed by atoms with Gasteiger partial charge >= 0.3 is 0 Å². The third kappa shape index (κ3) is 5.71. The number of fused-ring (bicyclic) bond motifs is 1. The average Bonchev–Trinajstić information content (AvgIpc) is 3.31. The summed E-state index contributed by atoms with van der Waals surface area (Å²) in [4.78, 5) is 15.0. The molecule has 1 unspecified atom stereocenters. The van der Waals surface area contributed by atoms with Gasteiger partial charge in [-0.05, 0) is 60.8 Å². The number of hydrogen-bond acceptors (Lipinski definition) is 5. The van der Waals surface area contributed by atoms with Gasteiger partial charge in [0.25, 0.3) is 0 Å². The van der Waals surface area contributed by atoms with Crippen LogP contribution in [0.1, 0.15) is 50.4 Å². The van der Waals surface area contributed by atoms with Crippen molar-refractivity contribution in [2.45, 2.75) is 45.7 Å². The Balaban J connectivity index is 1.35. The molecule has 2 aromatic heterocycles. The van der Waals surface area contributed by atoms with E-state index in [9.17, 15) is 0 Å². The Morgan fingerprint density at radius 2 is 1.71 bits per heavy atom. The number of anilines is 2. The normalized spacial score (nSPS) is 12.6. The van der Waals surface area contributed by atoms with E-state index in [0.717, 1.165) is 34.6 Å². The van der Waals surface area contributed by atoms with Crippen molar-refractivity contribution in [1.82, 2.24) is 19.9 Å². The van der Waals surface area contributed by atoms with E-state index in [1.54, 1.807) is 6.20 Å². The fraction of sp³-hybridized carbons (Fsp3) is 0.250. The molecule has 3 aromatic carbocycles. The van der Waals surface area contributed by atoms with Gasteiger partial charge in [-0.15, -0.1) is 0 Å². The molecular weight excluding hydrogens is 470 g/mol. The zero-order valence-corrected chi connectivity index (χ0v) is 22.7. The first-order valence-corrected chi connectivity index (χ1v) is 13.0. The van der Waals surface area contributed by atoms with Crippen LogP contribution in [0.5, 0.6) is 11.6 Å². The summed E-state index contributed by atoms with van der Waals surface area (Å²) in [7, 11) is 2.16. The van der Waals surface area contributed by atoms with Crippen molar-refractivity contribution in [1.29, 1.82) is 0 Å². The summed E-state index contributed by atoms with van der Waals surface area (Å²) in [5.41, 5.74) is 6.23. The number of aromatic nitrogens is 3. The minimum atomic E-state index is -0.0539. The Morgan fingerprint density at radius 1 is 0.947 bits per heavy atom. The largest absolute Gasteiger partial charge is 0.437 e. The monoisotopic (exact) mass is 505 g/mol. The molecule has 6 nitrogen and oxygen atoms in total. The molecule has 5 rings (SSSR count). The van der Waals surface area contributed by atoms with Gasteiger partial charge in [-0.1, -0.05) is 75.4 Å². The minimum Gasteiger partial charge on any atom is -0.437 e. The minimum absolute atomic E-state index is 0.0539.